The summed E-state index contributed by atoms with van der Waals surface area (Å²) in [5.74, 6) is 1.62. The Kier molecular flexibility index (Phi) is 2.95. The van der Waals surface area contributed by atoms with E-state index < -0.39 is 0 Å². The molecule has 3 nitrogen and oxygen atoms in total. The molecule has 0 bridgehead atoms. The predicted molar refractivity (Wildman–Crippen MR) is 51.8 cm³/mol. The van der Waals surface area contributed by atoms with E-state index >= 15 is 0 Å². The molecule has 0 amide bonds. The van der Waals surface area contributed by atoms with Crippen LogP contribution in [-0.2, 0) is 0 Å². The third-order valence-electron chi connectivity index (χ3n) is 2.98. The first kappa shape index (κ1) is 9.36. The Morgan fingerprint density at radius 3 is 2.50 bits per heavy atom. The summed E-state index contributed by atoms with van der Waals surface area (Å²) >= 11 is 0. The minimum Gasteiger partial charge on any atom is -0.370 e. The second-order valence-electron chi connectivity index (χ2n) is 3.89. The molecule has 0 spiro atoms. The van der Waals surface area contributed by atoms with E-state index in [1.807, 2.05) is 0 Å². The highest BCUT2D eigenvalue weighted by atomic mass is 15.0. The van der Waals surface area contributed by atoms with Gasteiger partial charge in [0, 0.05) is 0 Å². The van der Waals surface area contributed by atoms with Crippen LogP contribution >= 0.6 is 0 Å². The highest BCUT2D eigenvalue weighted by Crippen LogP contribution is 2.31. The van der Waals surface area contributed by atoms with Gasteiger partial charge in [-0.05, 0) is 18.3 Å². The normalized spacial score (nSPS) is 36.0. The number of rotatable bonds is 1. The summed E-state index contributed by atoms with van der Waals surface area (Å²) in [5.41, 5.74) is 10.7. The lowest BCUT2D eigenvalue weighted by Crippen LogP contribution is -2.32. The first-order chi connectivity index (χ1) is 5.61. The highest BCUT2D eigenvalue weighted by Gasteiger charge is 2.26. The van der Waals surface area contributed by atoms with Gasteiger partial charge in [-0.25, -0.2) is 0 Å². The Bertz CT molecular complexity index is 173. The number of guanidine groups is 1. The summed E-state index contributed by atoms with van der Waals surface area (Å²) in [5, 5.41) is 0. The van der Waals surface area contributed by atoms with Gasteiger partial charge in [0.2, 0.25) is 0 Å². The van der Waals surface area contributed by atoms with Crippen LogP contribution in [0.3, 0.4) is 0 Å². The number of nitrogens with zero attached hydrogens (tertiary/aromatic N) is 1. The zero-order valence-corrected chi connectivity index (χ0v) is 7.96. The van der Waals surface area contributed by atoms with Crippen LogP contribution in [0.5, 0.6) is 0 Å². The lowest BCUT2D eigenvalue weighted by Gasteiger charge is -2.31. The van der Waals surface area contributed by atoms with Crippen molar-refractivity contribution in [2.45, 2.75) is 39.2 Å². The van der Waals surface area contributed by atoms with Gasteiger partial charge in [-0.15, -0.1) is 0 Å². The largest absolute Gasteiger partial charge is 0.370 e. The average Bonchev–Trinajstić information content (AvgIpc) is 1.98. The van der Waals surface area contributed by atoms with Gasteiger partial charge < -0.3 is 11.5 Å². The molecule has 0 heterocycles. The Morgan fingerprint density at radius 2 is 1.92 bits per heavy atom. The topological polar surface area (TPSA) is 64.4 Å². The molecule has 0 unspecified atom stereocenters. The van der Waals surface area contributed by atoms with Gasteiger partial charge in [0.15, 0.2) is 5.96 Å². The Morgan fingerprint density at radius 1 is 1.25 bits per heavy atom. The maximum atomic E-state index is 5.36. The van der Waals surface area contributed by atoms with E-state index in [1.54, 1.807) is 0 Å². The monoisotopic (exact) mass is 169 g/mol. The predicted octanol–water partition coefficient (Wildman–Crippen LogP) is 1.08. The minimum atomic E-state index is 0.237. The van der Waals surface area contributed by atoms with E-state index in [1.165, 1.54) is 12.8 Å². The number of hydrogen-bond donors (Lipinski definition) is 2. The fraction of sp³-hybridized carbons (Fsp3) is 0.889. The van der Waals surface area contributed by atoms with Crippen LogP contribution in [0.2, 0.25) is 0 Å². The summed E-state index contributed by atoms with van der Waals surface area (Å²) in [6.07, 6.45) is 3.72. The third kappa shape index (κ3) is 2.13. The molecule has 0 aliphatic heterocycles. The quantitative estimate of drug-likeness (QED) is 0.456. The molecule has 0 saturated heterocycles. The first-order valence-electron chi connectivity index (χ1n) is 4.70. The van der Waals surface area contributed by atoms with Crippen LogP contribution in [0.1, 0.15) is 33.1 Å². The van der Waals surface area contributed by atoms with E-state index in [0.29, 0.717) is 12.0 Å². The summed E-state index contributed by atoms with van der Waals surface area (Å²) in [7, 11) is 0. The molecule has 1 aliphatic rings. The molecule has 70 valence electrons. The summed E-state index contributed by atoms with van der Waals surface area (Å²) < 4.78 is 0. The SMILES string of the molecule is C[C@@H]1[C@H](C)CCC[C@@H]1N=C(N)N. The van der Waals surface area contributed by atoms with Crippen LogP contribution in [0.15, 0.2) is 4.99 Å². The first-order valence-corrected chi connectivity index (χ1v) is 4.70. The maximum absolute atomic E-state index is 5.36. The smallest absolute Gasteiger partial charge is 0.186 e. The van der Waals surface area contributed by atoms with Crippen molar-refractivity contribution in [3.05, 3.63) is 0 Å². The molecule has 3 heteroatoms. The van der Waals surface area contributed by atoms with Crippen molar-refractivity contribution in [1.29, 1.82) is 0 Å². The van der Waals surface area contributed by atoms with Crippen LogP contribution in [0.25, 0.3) is 0 Å². The molecular formula is C9H19N3. The van der Waals surface area contributed by atoms with E-state index in [-0.39, 0.29) is 5.96 Å². The van der Waals surface area contributed by atoms with Gasteiger partial charge in [0.05, 0.1) is 6.04 Å². The summed E-state index contributed by atoms with van der Waals surface area (Å²) in [6.45, 7) is 4.51. The molecule has 0 aromatic rings. The van der Waals surface area contributed by atoms with Gasteiger partial charge in [0.25, 0.3) is 0 Å². The molecule has 4 N–H and O–H groups in total. The van der Waals surface area contributed by atoms with Crippen LogP contribution in [0, 0.1) is 11.8 Å². The van der Waals surface area contributed by atoms with Crippen molar-refractivity contribution in [3.8, 4) is 0 Å². The third-order valence-corrected chi connectivity index (χ3v) is 2.98. The lowest BCUT2D eigenvalue weighted by molar-refractivity contribution is 0.241. The van der Waals surface area contributed by atoms with E-state index in [9.17, 15) is 0 Å². The molecule has 0 radical (unpaired) electrons. The fourth-order valence-electron chi connectivity index (χ4n) is 1.93. The molecule has 1 aliphatic carbocycles. The number of nitrogens with two attached hydrogens (primary N) is 2. The second kappa shape index (κ2) is 3.78. The van der Waals surface area contributed by atoms with E-state index in [4.69, 9.17) is 11.5 Å². The maximum Gasteiger partial charge on any atom is 0.186 e. The van der Waals surface area contributed by atoms with E-state index in [0.717, 1.165) is 12.3 Å². The average molecular weight is 169 g/mol. The second-order valence-corrected chi connectivity index (χ2v) is 3.89. The van der Waals surface area contributed by atoms with Crippen molar-refractivity contribution in [2.75, 3.05) is 0 Å². The highest BCUT2D eigenvalue weighted by molar-refractivity contribution is 5.75. The van der Waals surface area contributed by atoms with Crippen molar-refractivity contribution in [1.82, 2.24) is 0 Å². The molecule has 1 saturated carbocycles. The van der Waals surface area contributed by atoms with Crippen LogP contribution in [0.4, 0.5) is 0 Å². The number of aliphatic imine (C=N–C) groups is 1. The van der Waals surface area contributed by atoms with Crippen molar-refractivity contribution < 1.29 is 0 Å². The van der Waals surface area contributed by atoms with Crippen LogP contribution in [-0.4, -0.2) is 12.0 Å². The molecule has 0 aromatic heterocycles. The zero-order valence-electron chi connectivity index (χ0n) is 7.96. The Hall–Kier alpha value is -0.730. The van der Waals surface area contributed by atoms with Crippen molar-refractivity contribution in [3.63, 3.8) is 0 Å². The van der Waals surface area contributed by atoms with Gasteiger partial charge in [-0.3, -0.25) is 4.99 Å². The molecule has 3 atom stereocenters. The Balaban J connectivity index is 2.58. The van der Waals surface area contributed by atoms with Crippen LogP contribution < -0.4 is 11.5 Å². The van der Waals surface area contributed by atoms with Crippen molar-refractivity contribution >= 4 is 5.96 Å². The Labute approximate surface area is 74.2 Å². The molecule has 0 aromatic carbocycles. The zero-order chi connectivity index (χ0) is 9.14. The van der Waals surface area contributed by atoms with Gasteiger partial charge in [-0.1, -0.05) is 26.7 Å². The summed E-state index contributed by atoms with van der Waals surface area (Å²) in [6, 6.07) is 0.360. The van der Waals surface area contributed by atoms with Gasteiger partial charge in [-0.2, -0.15) is 0 Å². The van der Waals surface area contributed by atoms with Crippen molar-refractivity contribution in [2.24, 2.45) is 28.3 Å². The molecular weight excluding hydrogens is 150 g/mol. The molecule has 1 rings (SSSR count). The minimum absolute atomic E-state index is 0.237. The van der Waals surface area contributed by atoms with Gasteiger partial charge in [0.1, 0.15) is 0 Å². The summed E-state index contributed by atoms with van der Waals surface area (Å²) in [4.78, 5) is 4.24. The number of hydrogen-bond acceptors (Lipinski definition) is 1. The van der Waals surface area contributed by atoms with Gasteiger partial charge >= 0.3 is 0 Å². The molecule has 12 heavy (non-hydrogen) atoms. The molecule has 1 fully saturated rings. The fourth-order valence-corrected chi connectivity index (χ4v) is 1.93. The van der Waals surface area contributed by atoms with E-state index in [2.05, 4.69) is 18.8 Å². The lowest BCUT2D eigenvalue weighted by atomic mass is 9.78. The standard InChI is InChI=1S/C9H19N3/c1-6-4-3-5-8(7(6)2)12-9(10)11/h6-8H,3-5H2,1-2H3,(H4,10,11,12)/t6-,7-,8+/m1/s1.